The van der Waals surface area contributed by atoms with Crippen molar-refractivity contribution in [1.29, 1.82) is 0 Å². The molecule has 0 spiro atoms. The minimum absolute atomic E-state index is 0.218. The lowest BCUT2D eigenvalue weighted by Crippen LogP contribution is -2.31. The fourth-order valence-electron chi connectivity index (χ4n) is 3.34. The minimum Gasteiger partial charge on any atom is -0.497 e. The van der Waals surface area contributed by atoms with Crippen LogP contribution in [0.2, 0.25) is 0 Å². The molecule has 1 aliphatic rings. The van der Waals surface area contributed by atoms with Gasteiger partial charge in [-0.15, -0.1) is 5.10 Å². The Balaban J connectivity index is 1.44. The summed E-state index contributed by atoms with van der Waals surface area (Å²) in [5, 5.41) is 9.80. The number of rotatable bonds is 8. The van der Waals surface area contributed by atoms with Crippen LogP contribution in [0, 0.1) is 0 Å². The maximum absolute atomic E-state index is 12.9. The highest BCUT2D eigenvalue weighted by atomic mass is 32.2. The molecule has 9 nitrogen and oxygen atoms in total. The van der Waals surface area contributed by atoms with Crippen molar-refractivity contribution in [3.63, 3.8) is 0 Å². The number of methoxy groups -OCH3 is 1. The molecule has 4 rings (SSSR count). The normalized spacial score (nSPS) is 12.8. The fraction of sp³-hybridized carbons (Fsp3) is 0.227. The Morgan fingerprint density at radius 2 is 1.88 bits per heavy atom. The number of imide groups is 1. The van der Waals surface area contributed by atoms with E-state index in [0.717, 1.165) is 17.1 Å². The third-order valence-corrected chi connectivity index (χ3v) is 5.72. The number of hydrogen-bond donors (Lipinski definition) is 2. The number of nitrogens with one attached hydrogen (secondary N) is 2. The lowest BCUT2D eigenvalue weighted by atomic mass is 10.1. The number of thioether (sulfide) groups is 1. The molecule has 1 aromatic heterocycles. The van der Waals surface area contributed by atoms with E-state index in [-0.39, 0.29) is 29.5 Å². The van der Waals surface area contributed by atoms with Gasteiger partial charge < -0.3 is 4.74 Å². The number of carbonyl (C=O) groups is 3. The summed E-state index contributed by atoms with van der Waals surface area (Å²) in [5.41, 5.74) is 1.75. The highest BCUT2D eigenvalue weighted by Crippen LogP contribution is 2.25. The summed E-state index contributed by atoms with van der Waals surface area (Å²) < 4.78 is 5.14. The second-order valence-electron chi connectivity index (χ2n) is 6.97. The lowest BCUT2D eigenvalue weighted by molar-refractivity contribution is 0.0656. The fourth-order valence-corrected chi connectivity index (χ4v) is 3.87. The maximum Gasteiger partial charge on any atom is 0.261 e. The van der Waals surface area contributed by atoms with Crippen molar-refractivity contribution in [2.24, 2.45) is 0 Å². The molecular weight excluding hydrogens is 430 g/mol. The zero-order valence-corrected chi connectivity index (χ0v) is 18.4. The largest absolute Gasteiger partial charge is 0.497 e. The van der Waals surface area contributed by atoms with Crippen molar-refractivity contribution >= 4 is 35.4 Å². The van der Waals surface area contributed by atoms with E-state index in [1.54, 1.807) is 7.11 Å². The molecule has 0 radical (unpaired) electrons. The minimum atomic E-state index is -0.450. The average Bonchev–Trinajstić information content (AvgIpc) is 3.34. The van der Waals surface area contributed by atoms with Gasteiger partial charge >= 0.3 is 0 Å². The van der Waals surface area contributed by atoms with Gasteiger partial charge in [-0.05, 0) is 48.1 Å². The standard InChI is InChI=1S/C22H21N5O4S/c1-3-32-22-24-21(25-26-22)23-18(28)14-6-9-16-17(12-14)20(30)27(19(16)29)11-10-13-4-7-15(31-2)8-5-13/h4-9,12H,3,10-11H2,1-2H3,(H2,23,24,25,26,28). The maximum atomic E-state index is 12.9. The molecule has 1 aliphatic heterocycles. The van der Waals surface area contributed by atoms with Gasteiger partial charge in [-0.2, -0.15) is 4.98 Å². The highest BCUT2D eigenvalue weighted by molar-refractivity contribution is 7.99. The number of fused-ring (bicyclic) bond motifs is 1. The monoisotopic (exact) mass is 451 g/mol. The number of hydrogen-bond acceptors (Lipinski definition) is 7. The average molecular weight is 452 g/mol. The van der Waals surface area contributed by atoms with Crippen molar-refractivity contribution in [2.45, 2.75) is 18.5 Å². The van der Waals surface area contributed by atoms with Crippen molar-refractivity contribution in [1.82, 2.24) is 20.1 Å². The van der Waals surface area contributed by atoms with Gasteiger partial charge in [0.05, 0.1) is 18.2 Å². The van der Waals surface area contributed by atoms with E-state index in [2.05, 4.69) is 20.5 Å². The van der Waals surface area contributed by atoms with Crippen molar-refractivity contribution in [2.75, 3.05) is 24.7 Å². The number of carbonyl (C=O) groups excluding carboxylic acids is 3. The van der Waals surface area contributed by atoms with Gasteiger partial charge in [-0.1, -0.05) is 30.8 Å². The zero-order valence-electron chi connectivity index (χ0n) is 17.5. The van der Waals surface area contributed by atoms with E-state index in [1.807, 2.05) is 31.2 Å². The molecule has 2 N–H and O–H groups in total. The molecule has 10 heteroatoms. The van der Waals surface area contributed by atoms with Gasteiger partial charge in [0.1, 0.15) is 5.75 Å². The molecular formula is C22H21N5O4S. The summed E-state index contributed by atoms with van der Waals surface area (Å²) in [6, 6.07) is 11.9. The van der Waals surface area contributed by atoms with Crippen LogP contribution in [0.3, 0.4) is 0 Å². The Morgan fingerprint density at radius 1 is 1.12 bits per heavy atom. The summed E-state index contributed by atoms with van der Waals surface area (Å²) in [4.78, 5) is 43.5. The first-order valence-corrected chi connectivity index (χ1v) is 11.0. The van der Waals surface area contributed by atoms with E-state index < -0.39 is 11.8 Å². The predicted octanol–water partition coefficient (Wildman–Crippen LogP) is 3.02. The Bertz CT molecular complexity index is 1180. The topological polar surface area (TPSA) is 117 Å². The molecule has 0 unspecified atom stereocenters. The zero-order chi connectivity index (χ0) is 22.7. The van der Waals surface area contributed by atoms with Crippen molar-refractivity contribution in [3.05, 3.63) is 64.7 Å². The van der Waals surface area contributed by atoms with Gasteiger partial charge in [0.2, 0.25) is 11.1 Å². The Morgan fingerprint density at radius 3 is 2.59 bits per heavy atom. The summed E-state index contributed by atoms with van der Waals surface area (Å²) in [7, 11) is 1.59. The molecule has 2 aromatic carbocycles. The van der Waals surface area contributed by atoms with Crippen LogP contribution >= 0.6 is 11.8 Å². The first kappa shape index (κ1) is 21.6. The van der Waals surface area contributed by atoms with E-state index in [4.69, 9.17) is 4.74 Å². The number of H-pyrrole nitrogens is 1. The molecule has 164 valence electrons. The smallest absolute Gasteiger partial charge is 0.261 e. The number of benzene rings is 2. The number of amides is 3. The number of aromatic nitrogens is 3. The van der Waals surface area contributed by atoms with E-state index in [1.165, 1.54) is 34.9 Å². The van der Waals surface area contributed by atoms with Crippen LogP contribution in [0.25, 0.3) is 0 Å². The van der Waals surface area contributed by atoms with E-state index in [0.29, 0.717) is 17.1 Å². The van der Waals surface area contributed by atoms with Gasteiger partial charge in [-0.3, -0.25) is 24.6 Å². The Labute approximate surface area is 188 Å². The van der Waals surface area contributed by atoms with Crippen molar-refractivity contribution < 1.29 is 19.1 Å². The quantitative estimate of drug-likeness (QED) is 0.399. The van der Waals surface area contributed by atoms with Crippen molar-refractivity contribution in [3.8, 4) is 5.75 Å². The van der Waals surface area contributed by atoms with Crippen LogP contribution in [0.1, 0.15) is 43.6 Å². The number of ether oxygens (including phenoxy) is 1. The molecule has 0 saturated carbocycles. The molecule has 32 heavy (non-hydrogen) atoms. The van der Waals surface area contributed by atoms with Crippen LogP contribution in [0.4, 0.5) is 5.95 Å². The predicted molar refractivity (Wildman–Crippen MR) is 119 cm³/mol. The summed E-state index contributed by atoms with van der Waals surface area (Å²) in [5.74, 6) is 0.549. The molecule has 3 aromatic rings. The van der Waals surface area contributed by atoms with Gasteiger partial charge in [0, 0.05) is 12.1 Å². The highest BCUT2D eigenvalue weighted by Gasteiger charge is 2.35. The molecule has 0 bridgehead atoms. The molecule has 0 atom stereocenters. The summed E-state index contributed by atoms with van der Waals surface area (Å²) >= 11 is 1.44. The van der Waals surface area contributed by atoms with E-state index >= 15 is 0 Å². The van der Waals surface area contributed by atoms with Gasteiger partial charge in [0.15, 0.2) is 0 Å². The first-order chi connectivity index (χ1) is 15.5. The van der Waals surface area contributed by atoms with Crippen LogP contribution < -0.4 is 10.1 Å². The molecule has 3 amide bonds. The second kappa shape index (κ2) is 9.23. The van der Waals surface area contributed by atoms with Crippen LogP contribution in [0.5, 0.6) is 5.75 Å². The number of nitrogens with zero attached hydrogens (tertiary/aromatic N) is 3. The lowest BCUT2D eigenvalue weighted by Gasteiger charge is -2.13. The second-order valence-corrected chi connectivity index (χ2v) is 8.21. The molecule has 0 saturated heterocycles. The number of anilines is 1. The molecule has 0 fully saturated rings. The van der Waals surface area contributed by atoms with Crippen LogP contribution in [-0.2, 0) is 6.42 Å². The summed E-state index contributed by atoms with van der Waals surface area (Å²) in [6.07, 6.45) is 0.520. The van der Waals surface area contributed by atoms with E-state index in [9.17, 15) is 14.4 Å². The number of aromatic amines is 1. The Kier molecular flexibility index (Phi) is 6.22. The SMILES string of the molecule is CCSc1n[nH]c(NC(=O)c2ccc3c(c2)C(=O)N(CCc2ccc(OC)cc2)C3=O)n1. The third-order valence-electron chi connectivity index (χ3n) is 4.99. The molecule has 0 aliphatic carbocycles. The third kappa shape index (κ3) is 4.35. The van der Waals surface area contributed by atoms with Crippen LogP contribution in [0.15, 0.2) is 47.6 Å². The van der Waals surface area contributed by atoms with Crippen LogP contribution in [-0.4, -0.2) is 57.2 Å². The molecule has 2 heterocycles. The van der Waals surface area contributed by atoms with Gasteiger partial charge in [0.25, 0.3) is 17.7 Å². The first-order valence-electron chi connectivity index (χ1n) is 10.00. The van der Waals surface area contributed by atoms with Gasteiger partial charge in [-0.25, -0.2) is 5.10 Å². The Hall–Kier alpha value is -3.66. The summed E-state index contributed by atoms with van der Waals surface area (Å²) in [6.45, 7) is 2.22.